The SMILES string of the molecule is CCN1C(=O)N[C@@H](c2ccco2)C(C(=O)OC)=C1C. The van der Waals surface area contributed by atoms with Crippen molar-refractivity contribution in [3.05, 3.63) is 35.4 Å². The van der Waals surface area contributed by atoms with Gasteiger partial charge >= 0.3 is 12.0 Å². The van der Waals surface area contributed by atoms with E-state index in [0.717, 1.165) is 0 Å². The number of methoxy groups -OCH3 is 1. The number of carbonyl (C=O) groups excluding carboxylic acids is 2. The number of esters is 1. The number of carbonyl (C=O) groups is 2. The minimum absolute atomic E-state index is 0.256. The van der Waals surface area contributed by atoms with Crippen LogP contribution in [0.2, 0.25) is 0 Å². The van der Waals surface area contributed by atoms with Gasteiger partial charge in [-0.2, -0.15) is 0 Å². The second kappa shape index (κ2) is 5.17. The number of rotatable bonds is 3. The smallest absolute Gasteiger partial charge is 0.338 e. The predicted molar refractivity (Wildman–Crippen MR) is 67.1 cm³/mol. The average Bonchev–Trinajstić information content (AvgIpc) is 2.91. The first kappa shape index (κ1) is 13.2. The molecule has 2 heterocycles. The summed E-state index contributed by atoms with van der Waals surface area (Å²) >= 11 is 0. The number of furan rings is 1. The van der Waals surface area contributed by atoms with Gasteiger partial charge in [0.05, 0.1) is 18.9 Å². The Kier molecular flexibility index (Phi) is 3.59. The standard InChI is InChI=1S/C13H16N2O4/c1-4-15-8(2)10(12(16)18-3)11(14-13(15)17)9-6-5-7-19-9/h5-7,11H,4H2,1-3H3,(H,14,17)/t11-/m0/s1. The molecule has 0 unspecified atom stereocenters. The van der Waals surface area contributed by atoms with Crippen molar-refractivity contribution in [2.45, 2.75) is 19.9 Å². The molecular weight excluding hydrogens is 248 g/mol. The molecule has 2 amide bonds. The van der Waals surface area contributed by atoms with Crippen molar-refractivity contribution in [2.24, 2.45) is 0 Å². The van der Waals surface area contributed by atoms with Crippen LogP contribution in [-0.2, 0) is 9.53 Å². The highest BCUT2D eigenvalue weighted by Crippen LogP contribution is 2.31. The Morgan fingerprint density at radius 2 is 2.32 bits per heavy atom. The zero-order valence-electron chi connectivity index (χ0n) is 11.1. The summed E-state index contributed by atoms with van der Waals surface area (Å²) < 4.78 is 10.1. The number of hydrogen-bond acceptors (Lipinski definition) is 4. The van der Waals surface area contributed by atoms with Crippen molar-refractivity contribution in [2.75, 3.05) is 13.7 Å². The Balaban J connectivity index is 2.51. The van der Waals surface area contributed by atoms with Crippen LogP contribution in [-0.4, -0.2) is 30.6 Å². The molecule has 0 saturated carbocycles. The average molecular weight is 264 g/mol. The van der Waals surface area contributed by atoms with Gasteiger partial charge in [-0.1, -0.05) is 0 Å². The lowest BCUT2D eigenvalue weighted by Crippen LogP contribution is -2.47. The molecule has 1 N–H and O–H groups in total. The van der Waals surface area contributed by atoms with Crippen LogP contribution in [0.3, 0.4) is 0 Å². The highest BCUT2D eigenvalue weighted by atomic mass is 16.5. The van der Waals surface area contributed by atoms with Gasteiger partial charge < -0.3 is 14.5 Å². The molecule has 0 bridgehead atoms. The predicted octanol–water partition coefficient (Wildman–Crippen LogP) is 1.81. The minimum atomic E-state index is -0.613. The molecule has 1 aliphatic rings. The maximum absolute atomic E-state index is 12.0. The number of hydrogen-bond donors (Lipinski definition) is 1. The summed E-state index contributed by atoms with van der Waals surface area (Å²) in [5, 5.41) is 2.75. The molecule has 6 nitrogen and oxygen atoms in total. The largest absolute Gasteiger partial charge is 0.467 e. The van der Waals surface area contributed by atoms with Gasteiger partial charge in [0.15, 0.2) is 0 Å². The van der Waals surface area contributed by atoms with Gasteiger partial charge in [0.1, 0.15) is 11.8 Å². The minimum Gasteiger partial charge on any atom is -0.467 e. The highest BCUT2D eigenvalue weighted by molar-refractivity contribution is 5.94. The van der Waals surface area contributed by atoms with Gasteiger partial charge in [-0.05, 0) is 26.0 Å². The molecule has 1 atom stereocenters. The van der Waals surface area contributed by atoms with E-state index in [1.807, 2.05) is 6.92 Å². The molecule has 0 fully saturated rings. The molecule has 6 heteroatoms. The lowest BCUT2D eigenvalue weighted by molar-refractivity contribution is -0.136. The summed E-state index contributed by atoms with van der Waals surface area (Å²) in [6.07, 6.45) is 1.50. The lowest BCUT2D eigenvalue weighted by atomic mass is 10.00. The molecule has 1 aromatic heterocycles. The van der Waals surface area contributed by atoms with E-state index in [0.29, 0.717) is 23.6 Å². The number of allylic oxidation sites excluding steroid dienone is 1. The topological polar surface area (TPSA) is 71.8 Å². The fraction of sp³-hybridized carbons (Fsp3) is 0.385. The number of nitrogens with one attached hydrogen (secondary N) is 1. The van der Waals surface area contributed by atoms with E-state index in [9.17, 15) is 9.59 Å². The van der Waals surface area contributed by atoms with E-state index in [4.69, 9.17) is 9.15 Å². The Labute approximate surface area is 111 Å². The van der Waals surface area contributed by atoms with Gasteiger partial charge in [0.2, 0.25) is 0 Å². The van der Waals surface area contributed by atoms with E-state index in [1.54, 1.807) is 19.1 Å². The number of ether oxygens (including phenoxy) is 1. The van der Waals surface area contributed by atoms with Crippen molar-refractivity contribution in [3.8, 4) is 0 Å². The molecule has 1 aromatic rings. The molecule has 0 spiro atoms. The molecule has 0 radical (unpaired) electrons. The Morgan fingerprint density at radius 1 is 1.58 bits per heavy atom. The van der Waals surface area contributed by atoms with Crippen LogP contribution in [0.4, 0.5) is 4.79 Å². The summed E-state index contributed by atoms with van der Waals surface area (Å²) in [5.41, 5.74) is 0.971. The Hall–Kier alpha value is -2.24. The van der Waals surface area contributed by atoms with Crippen molar-refractivity contribution < 1.29 is 18.7 Å². The van der Waals surface area contributed by atoms with E-state index < -0.39 is 12.0 Å². The molecular formula is C13H16N2O4. The maximum Gasteiger partial charge on any atom is 0.338 e. The fourth-order valence-corrected chi connectivity index (χ4v) is 2.21. The second-order valence-electron chi connectivity index (χ2n) is 4.13. The van der Waals surface area contributed by atoms with Crippen LogP contribution >= 0.6 is 0 Å². The molecule has 0 aliphatic carbocycles. The van der Waals surface area contributed by atoms with E-state index in [-0.39, 0.29) is 6.03 Å². The summed E-state index contributed by atoms with van der Waals surface area (Å²) in [4.78, 5) is 25.4. The van der Waals surface area contributed by atoms with Crippen LogP contribution in [0.1, 0.15) is 25.6 Å². The van der Waals surface area contributed by atoms with Crippen LogP contribution < -0.4 is 5.32 Å². The van der Waals surface area contributed by atoms with Crippen LogP contribution in [0.15, 0.2) is 34.1 Å². The van der Waals surface area contributed by atoms with Gasteiger partial charge in [0, 0.05) is 12.2 Å². The summed E-state index contributed by atoms with van der Waals surface area (Å²) in [6.45, 7) is 4.04. The third-order valence-corrected chi connectivity index (χ3v) is 3.15. The van der Waals surface area contributed by atoms with Crippen LogP contribution in [0, 0.1) is 0 Å². The third-order valence-electron chi connectivity index (χ3n) is 3.15. The normalized spacial score (nSPS) is 19.4. The quantitative estimate of drug-likeness (QED) is 0.845. The van der Waals surface area contributed by atoms with Gasteiger partial charge in [-0.15, -0.1) is 0 Å². The summed E-state index contributed by atoms with van der Waals surface area (Å²) in [7, 11) is 1.31. The van der Waals surface area contributed by atoms with Gasteiger partial charge in [-0.3, -0.25) is 4.90 Å². The van der Waals surface area contributed by atoms with E-state index in [1.165, 1.54) is 18.3 Å². The van der Waals surface area contributed by atoms with Crippen LogP contribution in [0.5, 0.6) is 0 Å². The molecule has 102 valence electrons. The second-order valence-corrected chi connectivity index (χ2v) is 4.13. The Morgan fingerprint density at radius 3 is 2.84 bits per heavy atom. The van der Waals surface area contributed by atoms with E-state index in [2.05, 4.69) is 5.32 Å². The third kappa shape index (κ3) is 2.21. The van der Waals surface area contributed by atoms with Crippen molar-refractivity contribution in [1.29, 1.82) is 0 Å². The molecule has 0 saturated heterocycles. The van der Waals surface area contributed by atoms with Gasteiger partial charge in [-0.25, -0.2) is 9.59 Å². The van der Waals surface area contributed by atoms with E-state index >= 15 is 0 Å². The van der Waals surface area contributed by atoms with Crippen LogP contribution in [0.25, 0.3) is 0 Å². The first-order valence-corrected chi connectivity index (χ1v) is 6.00. The van der Waals surface area contributed by atoms with Gasteiger partial charge in [0.25, 0.3) is 0 Å². The summed E-state index contributed by atoms with van der Waals surface area (Å²) in [5.74, 6) is 0.0289. The molecule has 19 heavy (non-hydrogen) atoms. The number of amides is 2. The first-order valence-electron chi connectivity index (χ1n) is 6.00. The summed E-state index contributed by atoms with van der Waals surface area (Å²) in [6, 6.07) is 2.55. The fourth-order valence-electron chi connectivity index (χ4n) is 2.21. The lowest BCUT2D eigenvalue weighted by Gasteiger charge is -2.33. The van der Waals surface area contributed by atoms with Crippen molar-refractivity contribution in [1.82, 2.24) is 10.2 Å². The number of urea groups is 1. The Bertz CT molecular complexity index is 519. The van der Waals surface area contributed by atoms with Crippen molar-refractivity contribution >= 4 is 12.0 Å². The molecule has 1 aliphatic heterocycles. The first-order chi connectivity index (χ1) is 9.10. The monoisotopic (exact) mass is 264 g/mol. The van der Waals surface area contributed by atoms with Crippen molar-refractivity contribution in [3.63, 3.8) is 0 Å². The number of nitrogens with zero attached hydrogens (tertiary/aromatic N) is 1. The zero-order chi connectivity index (χ0) is 14.0. The zero-order valence-corrected chi connectivity index (χ0v) is 11.1. The highest BCUT2D eigenvalue weighted by Gasteiger charge is 2.36. The molecule has 0 aromatic carbocycles. The maximum atomic E-state index is 12.0. The molecule has 2 rings (SSSR count).